The first-order valence-corrected chi connectivity index (χ1v) is 5.14. The number of hydrogen-bond acceptors (Lipinski definition) is 3. The second-order valence-electron chi connectivity index (χ2n) is 4.27. The molecule has 0 spiro atoms. The Morgan fingerprint density at radius 2 is 2.14 bits per heavy atom. The zero-order chi connectivity index (χ0) is 10.9. The maximum absolute atomic E-state index is 6.07. The Labute approximate surface area is 90.6 Å². The van der Waals surface area contributed by atoms with E-state index in [4.69, 9.17) is 21.2 Å². The van der Waals surface area contributed by atoms with Gasteiger partial charge in [-0.1, -0.05) is 25.4 Å². The summed E-state index contributed by atoms with van der Waals surface area (Å²) in [6.07, 6.45) is 1.58. The lowest BCUT2D eigenvalue weighted by atomic mass is 10.0. The van der Waals surface area contributed by atoms with Crippen molar-refractivity contribution in [2.24, 2.45) is 5.92 Å². The van der Waals surface area contributed by atoms with Crippen LogP contribution in [0.4, 0.5) is 0 Å². The van der Waals surface area contributed by atoms with Gasteiger partial charge in [0.05, 0.1) is 11.1 Å². The van der Waals surface area contributed by atoms with Gasteiger partial charge < -0.3 is 9.57 Å². The Hall–Kier alpha value is -0.250. The highest BCUT2D eigenvalue weighted by Gasteiger charge is 2.41. The van der Waals surface area contributed by atoms with Crippen molar-refractivity contribution in [3.63, 3.8) is 0 Å². The summed E-state index contributed by atoms with van der Waals surface area (Å²) in [5.41, 5.74) is -0.470. The highest BCUT2D eigenvalue weighted by molar-refractivity contribution is 6.30. The van der Waals surface area contributed by atoms with E-state index in [0.717, 1.165) is 5.03 Å². The number of ether oxygens (including phenoxy) is 1. The summed E-state index contributed by atoms with van der Waals surface area (Å²) < 4.78 is 5.36. The highest BCUT2D eigenvalue weighted by Crippen LogP contribution is 2.34. The van der Waals surface area contributed by atoms with Gasteiger partial charge in [-0.25, -0.2) is 0 Å². The SMILES string of the molecule is COC(C)(C)N1OC=C(Cl)C1C(C)C. The second kappa shape index (κ2) is 4.09. The van der Waals surface area contributed by atoms with Crippen molar-refractivity contribution in [2.75, 3.05) is 7.11 Å². The molecule has 1 heterocycles. The van der Waals surface area contributed by atoms with Crippen LogP contribution in [-0.4, -0.2) is 23.9 Å². The van der Waals surface area contributed by atoms with Crippen LogP contribution >= 0.6 is 11.6 Å². The van der Waals surface area contributed by atoms with E-state index in [1.807, 2.05) is 13.8 Å². The molecule has 0 bridgehead atoms. The van der Waals surface area contributed by atoms with Crippen LogP contribution in [0.1, 0.15) is 27.7 Å². The van der Waals surface area contributed by atoms with Gasteiger partial charge in [-0.2, -0.15) is 0 Å². The van der Waals surface area contributed by atoms with Gasteiger partial charge in [-0.3, -0.25) is 0 Å². The van der Waals surface area contributed by atoms with E-state index in [0.29, 0.717) is 5.92 Å². The second-order valence-corrected chi connectivity index (χ2v) is 4.71. The van der Waals surface area contributed by atoms with Crippen LogP contribution in [-0.2, 0) is 9.57 Å². The van der Waals surface area contributed by atoms with Crippen LogP contribution in [0, 0.1) is 5.92 Å². The monoisotopic (exact) mass is 219 g/mol. The minimum atomic E-state index is -0.470. The maximum Gasteiger partial charge on any atom is 0.148 e. The Balaban J connectivity index is 2.83. The highest BCUT2D eigenvalue weighted by atomic mass is 35.5. The fourth-order valence-corrected chi connectivity index (χ4v) is 1.88. The van der Waals surface area contributed by atoms with Crippen molar-refractivity contribution in [2.45, 2.75) is 39.5 Å². The van der Waals surface area contributed by atoms with Gasteiger partial charge >= 0.3 is 0 Å². The van der Waals surface area contributed by atoms with E-state index >= 15 is 0 Å². The zero-order valence-electron chi connectivity index (χ0n) is 9.37. The molecule has 0 aromatic rings. The van der Waals surface area contributed by atoms with Gasteiger partial charge in [0.2, 0.25) is 0 Å². The lowest BCUT2D eigenvalue weighted by molar-refractivity contribution is -0.267. The third kappa shape index (κ3) is 2.05. The van der Waals surface area contributed by atoms with Crippen molar-refractivity contribution in [3.05, 3.63) is 11.3 Å². The number of halogens is 1. The molecular weight excluding hydrogens is 202 g/mol. The van der Waals surface area contributed by atoms with Gasteiger partial charge in [-0.05, 0) is 19.8 Å². The van der Waals surface area contributed by atoms with E-state index in [1.165, 1.54) is 0 Å². The molecule has 1 atom stereocenters. The van der Waals surface area contributed by atoms with Crippen LogP contribution in [0.25, 0.3) is 0 Å². The average Bonchev–Trinajstić information content (AvgIpc) is 2.47. The predicted molar refractivity (Wildman–Crippen MR) is 56.6 cm³/mol. The lowest BCUT2D eigenvalue weighted by Crippen LogP contribution is -2.49. The van der Waals surface area contributed by atoms with E-state index in [1.54, 1.807) is 18.4 Å². The van der Waals surface area contributed by atoms with Gasteiger partial charge in [0, 0.05) is 7.11 Å². The van der Waals surface area contributed by atoms with Crippen LogP contribution in [0.5, 0.6) is 0 Å². The van der Waals surface area contributed by atoms with Crippen LogP contribution in [0.2, 0.25) is 0 Å². The summed E-state index contributed by atoms with van der Waals surface area (Å²) in [6.45, 7) is 8.11. The van der Waals surface area contributed by atoms with E-state index in [9.17, 15) is 0 Å². The third-order valence-electron chi connectivity index (χ3n) is 2.48. The first kappa shape index (κ1) is 11.8. The van der Waals surface area contributed by atoms with Gasteiger partial charge in [-0.15, -0.1) is 5.06 Å². The summed E-state index contributed by atoms with van der Waals surface area (Å²) in [4.78, 5) is 5.41. The summed E-state index contributed by atoms with van der Waals surface area (Å²) in [6, 6.07) is 0.0756. The van der Waals surface area contributed by atoms with Gasteiger partial charge in [0.15, 0.2) is 0 Å². The molecule has 4 heteroatoms. The van der Waals surface area contributed by atoms with Gasteiger partial charge in [0.25, 0.3) is 0 Å². The molecule has 0 saturated carbocycles. The number of nitrogens with zero attached hydrogens (tertiary/aromatic N) is 1. The zero-order valence-corrected chi connectivity index (χ0v) is 10.1. The third-order valence-corrected chi connectivity index (χ3v) is 2.79. The molecule has 1 rings (SSSR count). The van der Waals surface area contributed by atoms with E-state index in [-0.39, 0.29) is 6.04 Å². The van der Waals surface area contributed by atoms with E-state index in [2.05, 4.69) is 13.8 Å². The lowest BCUT2D eigenvalue weighted by Gasteiger charge is -2.37. The van der Waals surface area contributed by atoms with Crippen molar-refractivity contribution >= 4 is 11.6 Å². The summed E-state index contributed by atoms with van der Waals surface area (Å²) in [7, 11) is 1.66. The normalized spacial score (nSPS) is 23.9. The molecular formula is C10H18ClNO2. The molecule has 14 heavy (non-hydrogen) atoms. The molecule has 1 aliphatic heterocycles. The molecule has 0 amide bonds. The minimum Gasteiger partial charge on any atom is -0.409 e. The first-order valence-electron chi connectivity index (χ1n) is 4.77. The largest absolute Gasteiger partial charge is 0.409 e. The average molecular weight is 220 g/mol. The molecule has 0 aromatic carbocycles. The van der Waals surface area contributed by atoms with Crippen molar-refractivity contribution < 1.29 is 9.57 Å². The van der Waals surface area contributed by atoms with Crippen LogP contribution < -0.4 is 0 Å². The molecule has 0 N–H and O–H groups in total. The smallest absolute Gasteiger partial charge is 0.148 e. The maximum atomic E-state index is 6.07. The van der Waals surface area contributed by atoms with Crippen LogP contribution in [0.15, 0.2) is 11.3 Å². The number of rotatable bonds is 3. The number of hydrogen-bond donors (Lipinski definition) is 0. The summed E-state index contributed by atoms with van der Waals surface area (Å²) in [5, 5.41) is 2.52. The molecule has 3 nitrogen and oxygen atoms in total. The fraction of sp³-hybridized carbons (Fsp3) is 0.800. The Morgan fingerprint density at radius 3 is 2.57 bits per heavy atom. The molecule has 1 unspecified atom stereocenters. The van der Waals surface area contributed by atoms with Crippen molar-refractivity contribution in [1.29, 1.82) is 0 Å². The van der Waals surface area contributed by atoms with E-state index < -0.39 is 5.72 Å². The molecule has 0 radical (unpaired) electrons. The molecule has 1 aliphatic rings. The van der Waals surface area contributed by atoms with Crippen molar-refractivity contribution in [1.82, 2.24) is 5.06 Å². The Bertz CT molecular complexity index is 238. The summed E-state index contributed by atoms with van der Waals surface area (Å²) in [5.74, 6) is 0.385. The molecule has 0 aliphatic carbocycles. The fourth-order valence-electron chi connectivity index (χ4n) is 1.50. The molecule has 0 aromatic heterocycles. The standard InChI is InChI=1S/C10H18ClNO2/c1-7(2)9-8(11)6-14-12(9)10(3,4)13-5/h6-7,9H,1-5H3. The first-order chi connectivity index (χ1) is 6.40. The topological polar surface area (TPSA) is 21.7 Å². The molecule has 0 fully saturated rings. The summed E-state index contributed by atoms with van der Waals surface area (Å²) >= 11 is 6.07. The Morgan fingerprint density at radius 1 is 1.57 bits per heavy atom. The quantitative estimate of drug-likeness (QED) is 0.729. The van der Waals surface area contributed by atoms with Crippen LogP contribution in [0.3, 0.4) is 0 Å². The number of hydroxylamine groups is 2. The molecule has 0 saturated heterocycles. The van der Waals surface area contributed by atoms with Crippen molar-refractivity contribution in [3.8, 4) is 0 Å². The minimum absolute atomic E-state index is 0.0756. The predicted octanol–water partition coefficient (Wildman–Crippen LogP) is 2.72. The molecule has 82 valence electrons. The van der Waals surface area contributed by atoms with Gasteiger partial charge in [0.1, 0.15) is 12.0 Å². The number of methoxy groups -OCH3 is 1. The Kier molecular flexibility index (Phi) is 3.45.